The lowest BCUT2D eigenvalue weighted by atomic mass is 10.1. The van der Waals surface area contributed by atoms with Gasteiger partial charge in [-0.25, -0.2) is 0 Å². The quantitative estimate of drug-likeness (QED) is 0.757. The normalized spacial score (nSPS) is 13.6. The first-order chi connectivity index (χ1) is 8.81. The molecule has 108 valence electrons. The molecule has 0 spiro atoms. The molecule has 0 heterocycles. The van der Waals surface area contributed by atoms with Crippen LogP contribution in [-0.4, -0.2) is 22.5 Å². The summed E-state index contributed by atoms with van der Waals surface area (Å²) < 4.78 is 1.10. The van der Waals surface area contributed by atoms with E-state index in [1.165, 1.54) is 10.5 Å². The Morgan fingerprint density at radius 1 is 1.37 bits per heavy atom. The number of benzene rings is 1. The molecule has 0 fully saturated rings. The minimum Gasteiger partial charge on any atom is -0.396 e. The Bertz CT molecular complexity index is 404. The van der Waals surface area contributed by atoms with E-state index in [1.54, 1.807) is 0 Å². The Labute approximate surface area is 129 Å². The minimum atomic E-state index is 0.117. The third-order valence-corrected chi connectivity index (χ3v) is 4.47. The summed E-state index contributed by atoms with van der Waals surface area (Å²) in [4.78, 5) is 1.28. The van der Waals surface area contributed by atoms with E-state index in [2.05, 4.69) is 67.1 Å². The zero-order valence-corrected chi connectivity index (χ0v) is 14.6. The summed E-state index contributed by atoms with van der Waals surface area (Å²) >= 11 is 5.36. The van der Waals surface area contributed by atoms with Crippen molar-refractivity contribution in [2.45, 2.75) is 56.3 Å². The molecule has 0 aliphatic heterocycles. The van der Waals surface area contributed by atoms with Gasteiger partial charge in [-0.3, -0.25) is 0 Å². The van der Waals surface area contributed by atoms with Crippen LogP contribution in [0.2, 0.25) is 0 Å². The standard InChI is InChI=1S/C15H24BrNOS/c1-11(7-8-18)19-14-9-13(16)6-5-12(14)10-17-15(2,3)4/h5-6,9,11,17-18H,7-8,10H2,1-4H3. The van der Waals surface area contributed by atoms with Gasteiger partial charge in [-0.05, 0) is 44.9 Å². The van der Waals surface area contributed by atoms with Gasteiger partial charge in [-0.15, -0.1) is 11.8 Å². The molecule has 2 N–H and O–H groups in total. The van der Waals surface area contributed by atoms with Crippen LogP contribution in [0.25, 0.3) is 0 Å². The van der Waals surface area contributed by atoms with Crippen LogP contribution in [0.5, 0.6) is 0 Å². The van der Waals surface area contributed by atoms with Gasteiger partial charge in [0.05, 0.1) is 0 Å². The molecule has 0 aliphatic carbocycles. The van der Waals surface area contributed by atoms with Gasteiger partial charge in [0.15, 0.2) is 0 Å². The first-order valence-corrected chi connectivity index (χ1v) is 8.30. The number of hydrogen-bond acceptors (Lipinski definition) is 3. The highest BCUT2D eigenvalue weighted by molar-refractivity contribution is 9.10. The van der Waals surface area contributed by atoms with E-state index in [0.29, 0.717) is 5.25 Å². The van der Waals surface area contributed by atoms with Crippen LogP contribution in [-0.2, 0) is 6.54 Å². The molecule has 1 aromatic carbocycles. The summed E-state index contributed by atoms with van der Waals surface area (Å²) in [6.45, 7) is 9.79. The Morgan fingerprint density at radius 3 is 2.63 bits per heavy atom. The van der Waals surface area contributed by atoms with Gasteiger partial charge in [0.2, 0.25) is 0 Å². The summed E-state index contributed by atoms with van der Waals surface area (Å²) in [5.41, 5.74) is 1.43. The Balaban J connectivity index is 2.79. The number of thioether (sulfide) groups is 1. The number of nitrogens with one attached hydrogen (secondary N) is 1. The molecule has 4 heteroatoms. The molecule has 0 radical (unpaired) electrons. The average Bonchev–Trinajstić information content (AvgIpc) is 2.27. The summed E-state index contributed by atoms with van der Waals surface area (Å²) in [5.74, 6) is 0. The van der Waals surface area contributed by atoms with Gasteiger partial charge in [-0.1, -0.05) is 28.9 Å². The third kappa shape index (κ3) is 6.80. The zero-order valence-electron chi connectivity index (χ0n) is 12.2. The van der Waals surface area contributed by atoms with Crippen molar-refractivity contribution in [1.29, 1.82) is 0 Å². The van der Waals surface area contributed by atoms with Crippen LogP contribution in [0.4, 0.5) is 0 Å². The summed E-state index contributed by atoms with van der Waals surface area (Å²) in [7, 11) is 0. The fourth-order valence-electron chi connectivity index (χ4n) is 1.60. The number of aliphatic hydroxyl groups excluding tert-OH is 1. The van der Waals surface area contributed by atoms with Gasteiger partial charge in [-0.2, -0.15) is 0 Å². The second-order valence-electron chi connectivity index (χ2n) is 5.80. The second kappa shape index (κ2) is 7.67. The zero-order chi connectivity index (χ0) is 14.5. The molecule has 1 unspecified atom stereocenters. The molecule has 0 bridgehead atoms. The van der Waals surface area contributed by atoms with E-state index in [4.69, 9.17) is 5.11 Å². The highest BCUT2D eigenvalue weighted by Crippen LogP contribution is 2.31. The largest absolute Gasteiger partial charge is 0.396 e. The molecular weight excluding hydrogens is 322 g/mol. The van der Waals surface area contributed by atoms with Crippen molar-refractivity contribution in [2.75, 3.05) is 6.61 Å². The Morgan fingerprint density at radius 2 is 2.05 bits per heavy atom. The van der Waals surface area contributed by atoms with E-state index in [0.717, 1.165) is 17.4 Å². The van der Waals surface area contributed by atoms with Crippen LogP contribution in [0, 0.1) is 0 Å². The van der Waals surface area contributed by atoms with Crippen molar-refractivity contribution in [2.24, 2.45) is 0 Å². The molecular formula is C15H24BrNOS. The SMILES string of the molecule is CC(CCO)Sc1cc(Br)ccc1CNC(C)(C)C. The van der Waals surface area contributed by atoms with Gasteiger partial charge >= 0.3 is 0 Å². The Kier molecular flexibility index (Phi) is 6.87. The summed E-state index contributed by atoms with van der Waals surface area (Å²) in [6.07, 6.45) is 0.823. The van der Waals surface area contributed by atoms with E-state index in [-0.39, 0.29) is 12.1 Å². The van der Waals surface area contributed by atoms with Gasteiger partial charge in [0, 0.05) is 33.3 Å². The molecule has 1 aromatic rings. The predicted octanol–water partition coefficient (Wildman–Crippen LogP) is 4.20. The maximum absolute atomic E-state index is 9.01. The van der Waals surface area contributed by atoms with Gasteiger partial charge < -0.3 is 10.4 Å². The van der Waals surface area contributed by atoms with Gasteiger partial charge in [0.25, 0.3) is 0 Å². The maximum atomic E-state index is 9.01. The lowest BCUT2D eigenvalue weighted by Gasteiger charge is -2.22. The molecule has 19 heavy (non-hydrogen) atoms. The van der Waals surface area contributed by atoms with Crippen molar-refractivity contribution >= 4 is 27.7 Å². The average molecular weight is 346 g/mol. The van der Waals surface area contributed by atoms with E-state index in [1.807, 2.05) is 11.8 Å². The van der Waals surface area contributed by atoms with E-state index >= 15 is 0 Å². The molecule has 0 aromatic heterocycles. The molecule has 2 nitrogen and oxygen atoms in total. The first kappa shape index (κ1) is 17.0. The third-order valence-electron chi connectivity index (χ3n) is 2.70. The van der Waals surface area contributed by atoms with Crippen LogP contribution in [0.1, 0.15) is 39.7 Å². The smallest absolute Gasteiger partial charge is 0.0441 e. The topological polar surface area (TPSA) is 32.3 Å². The minimum absolute atomic E-state index is 0.117. The Hall–Kier alpha value is -0.0300. The highest BCUT2D eigenvalue weighted by atomic mass is 79.9. The van der Waals surface area contributed by atoms with Crippen molar-refractivity contribution < 1.29 is 5.11 Å². The van der Waals surface area contributed by atoms with Crippen LogP contribution in [0.3, 0.4) is 0 Å². The highest BCUT2D eigenvalue weighted by Gasteiger charge is 2.12. The lowest BCUT2D eigenvalue weighted by Crippen LogP contribution is -2.35. The molecule has 1 rings (SSSR count). The summed E-state index contributed by atoms with van der Waals surface area (Å²) in [6, 6.07) is 6.41. The lowest BCUT2D eigenvalue weighted by molar-refractivity contribution is 0.289. The van der Waals surface area contributed by atoms with E-state index in [9.17, 15) is 0 Å². The fraction of sp³-hybridized carbons (Fsp3) is 0.600. The monoisotopic (exact) mass is 345 g/mol. The molecule has 0 aliphatic rings. The number of halogens is 1. The van der Waals surface area contributed by atoms with E-state index < -0.39 is 0 Å². The van der Waals surface area contributed by atoms with Crippen LogP contribution < -0.4 is 5.32 Å². The second-order valence-corrected chi connectivity index (χ2v) is 8.19. The molecule has 1 atom stereocenters. The summed E-state index contributed by atoms with van der Waals surface area (Å²) in [5, 5.41) is 13.0. The molecule has 0 saturated heterocycles. The predicted molar refractivity (Wildman–Crippen MR) is 87.8 cm³/mol. The van der Waals surface area contributed by atoms with Crippen LogP contribution >= 0.6 is 27.7 Å². The number of rotatable bonds is 6. The number of aliphatic hydroxyl groups is 1. The van der Waals surface area contributed by atoms with Gasteiger partial charge in [0.1, 0.15) is 0 Å². The van der Waals surface area contributed by atoms with Crippen molar-refractivity contribution in [3.63, 3.8) is 0 Å². The maximum Gasteiger partial charge on any atom is 0.0441 e. The first-order valence-electron chi connectivity index (χ1n) is 6.63. The van der Waals surface area contributed by atoms with Crippen LogP contribution in [0.15, 0.2) is 27.6 Å². The van der Waals surface area contributed by atoms with Crippen molar-refractivity contribution in [3.8, 4) is 0 Å². The van der Waals surface area contributed by atoms with Crippen molar-refractivity contribution in [1.82, 2.24) is 5.32 Å². The number of hydrogen-bond donors (Lipinski definition) is 2. The fourth-order valence-corrected chi connectivity index (χ4v) is 3.26. The molecule has 0 amide bonds. The molecule has 0 saturated carbocycles. The van der Waals surface area contributed by atoms with Crippen molar-refractivity contribution in [3.05, 3.63) is 28.2 Å².